The minimum atomic E-state index is -4.92. The molecule has 1 N–H and O–H groups in total. The number of fused-ring (bicyclic) bond motifs is 1. The van der Waals surface area contributed by atoms with Crippen LogP contribution in [0.15, 0.2) is 48.0 Å². The Balaban J connectivity index is 1.88. The van der Waals surface area contributed by atoms with Crippen molar-refractivity contribution >= 4 is 12.0 Å². The van der Waals surface area contributed by atoms with Gasteiger partial charge in [0.1, 0.15) is 17.2 Å². The van der Waals surface area contributed by atoms with Gasteiger partial charge in [0.05, 0.1) is 11.1 Å². The van der Waals surface area contributed by atoms with E-state index < -0.39 is 35.6 Å². The lowest BCUT2D eigenvalue weighted by atomic mass is 10.0. The monoisotopic (exact) mass is 404 g/mol. The van der Waals surface area contributed by atoms with Crippen molar-refractivity contribution in [1.29, 1.82) is 0 Å². The molecule has 1 unspecified atom stereocenters. The Morgan fingerprint density at radius 2 is 1.57 bits per heavy atom. The van der Waals surface area contributed by atoms with E-state index in [1.165, 1.54) is 12.1 Å². The molecule has 0 saturated carbocycles. The molecular weight excluding hydrogens is 394 g/mol. The van der Waals surface area contributed by atoms with Gasteiger partial charge in [-0.1, -0.05) is 0 Å². The molecule has 0 amide bonds. The Hall–Kier alpha value is -3.17. The van der Waals surface area contributed by atoms with Gasteiger partial charge < -0.3 is 14.6 Å². The first kappa shape index (κ1) is 19.6. The third-order valence-corrected chi connectivity index (χ3v) is 3.78. The molecule has 1 aliphatic rings. The molecule has 28 heavy (non-hydrogen) atoms. The van der Waals surface area contributed by atoms with Gasteiger partial charge in [-0.05, 0) is 48.5 Å². The van der Waals surface area contributed by atoms with Crippen LogP contribution in [0.2, 0.25) is 0 Å². The predicted octanol–water partition coefficient (Wildman–Crippen LogP) is 5.29. The van der Waals surface area contributed by atoms with E-state index in [1.807, 2.05) is 0 Å². The summed E-state index contributed by atoms with van der Waals surface area (Å²) in [6.07, 6.45) is -11.2. The zero-order valence-corrected chi connectivity index (χ0v) is 13.6. The maximum atomic E-state index is 13.0. The fraction of sp³-hybridized carbons (Fsp3) is 0.167. The summed E-state index contributed by atoms with van der Waals surface area (Å²) in [7, 11) is 0. The maximum absolute atomic E-state index is 13.0. The molecular formula is C18H10F6O4. The van der Waals surface area contributed by atoms with E-state index in [0.29, 0.717) is 0 Å². The zero-order chi connectivity index (χ0) is 20.7. The van der Waals surface area contributed by atoms with Crippen LogP contribution in [0.3, 0.4) is 0 Å². The number of carbonyl (C=O) groups is 1. The lowest BCUT2D eigenvalue weighted by Gasteiger charge is -2.27. The van der Waals surface area contributed by atoms with Crippen LogP contribution in [0.25, 0.3) is 6.08 Å². The number of hydrogen-bond donors (Lipinski definition) is 1. The van der Waals surface area contributed by atoms with Gasteiger partial charge in [0.2, 0.25) is 6.10 Å². The highest BCUT2D eigenvalue weighted by molar-refractivity contribution is 5.95. The maximum Gasteiger partial charge on any atom is 0.430 e. The molecule has 0 aliphatic carbocycles. The van der Waals surface area contributed by atoms with Crippen molar-refractivity contribution in [1.82, 2.24) is 0 Å². The summed E-state index contributed by atoms with van der Waals surface area (Å²) in [6.45, 7) is 0. The Labute approximate surface area is 153 Å². The minimum absolute atomic E-state index is 0.0299. The number of ether oxygens (including phenoxy) is 2. The predicted molar refractivity (Wildman–Crippen MR) is 84.0 cm³/mol. The normalized spacial score (nSPS) is 16.6. The summed E-state index contributed by atoms with van der Waals surface area (Å²) in [6, 6.07) is 7.42. The zero-order valence-electron chi connectivity index (χ0n) is 13.6. The van der Waals surface area contributed by atoms with Gasteiger partial charge >= 0.3 is 18.3 Å². The van der Waals surface area contributed by atoms with Gasteiger partial charge in [-0.3, -0.25) is 0 Å². The van der Waals surface area contributed by atoms with E-state index in [9.17, 15) is 31.1 Å². The standard InChI is InChI=1S/C18H10F6O4/c19-17(20,21)10-1-3-11(4-2-10)27-12-5-6-14-9(7-12)8-13(16(25)26)15(28-14)18(22,23)24/h1-8,15H,(H,25,26). The number of rotatable bonds is 3. The highest BCUT2D eigenvalue weighted by Crippen LogP contribution is 2.39. The number of hydrogen-bond acceptors (Lipinski definition) is 3. The van der Waals surface area contributed by atoms with Crippen LogP contribution in [0.4, 0.5) is 26.3 Å². The van der Waals surface area contributed by atoms with Crippen molar-refractivity contribution < 1.29 is 45.7 Å². The second kappa shape index (κ2) is 6.77. The first-order valence-electron chi connectivity index (χ1n) is 7.62. The molecule has 2 aromatic carbocycles. The van der Waals surface area contributed by atoms with Crippen LogP contribution < -0.4 is 9.47 Å². The van der Waals surface area contributed by atoms with Crippen molar-refractivity contribution in [2.75, 3.05) is 0 Å². The third kappa shape index (κ3) is 4.05. The van der Waals surface area contributed by atoms with Crippen LogP contribution >= 0.6 is 0 Å². The van der Waals surface area contributed by atoms with Gasteiger partial charge in [-0.15, -0.1) is 0 Å². The summed E-state index contributed by atoms with van der Waals surface area (Å²) in [4.78, 5) is 11.1. The SMILES string of the molecule is O=C(O)C1=Cc2cc(Oc3ccc(C(F)(F)F)cc3)ccc2OC1C(F)(F)F. The average molecular weight is 404 g/mol. The van der Waals surface area contributed by atoms with Gasteiger partial charge in [-0.25, -0.2) is 4.79 Å². The summed E-state index contributed by atoms with van der Waals surface area (Å²) in [5.74, 6) is -1.86. The number of carboxylic acid groups (broad SMARTS) is 1. The van der Waals surface area contributed by atoms with E-state index in [-0.39, 0.29) is 22.8 Å². The Morgan fingerprint density at radius 3 is 2.11 bits per heavy atom. The molecule has 0 radical (unpaired) electrons. The smallest absolute Gasteiger partial charge is 0.430 e. The summed E-state index contributed by atoms with van der Waals surface area (Å²) in [5, 5.41) is 9.02. The second-order valence-electron chi connectivity index (χ2n) is 5.77. The Bertz CT molecular complexity index is 929. The molecule has 0 fully saturated rings. The first-order chi connectivity index (χ1) is 12.9. The molecule has 0 spiro atoms. The minimum Gasteiger partial charge on any atom is -0.478 e. The quantitative estimate of drug-likeness (QED) is 0.707. The Kier molecular flexibility index (Phi) is 4.74. The molecule has 1 aliphatic heterocycles. The fourth-order valence-electron chi connectivity index (χ4n) is 2.51. The van der Waals surface area contributed by atoms with Gasteiger partial charge in [0.25, 0.3) is 0 Å². The summed E-state index contributed by atoms with van der Waals surface area (Å²) in [5.41, 5.74) is -1.83. The number of alkyl halides is 6. The number of benzene rings is 2. The van der Waals surface area contributed by atoms with Crippen molar-refractivity contribution in [3.05, 3.63) is 59.2 Å². The number of aliphatic carboxylic acids is 1. The van der Waals surface area contributed by atoms with Crippen molar-refractivity contribution in [2.45, 2.75) is 18.5 Å². The van der Waals surface area contributed by atoms with E-state index in [2.05, 4.69) is 0 Å². The van der Waals surface area contributed by atoms with Gasteiger partial charge in [-0.2, -0.15) is 26.3 Å². The van der Waals surface area contributed by atoms with Crippen LogP contribution in [-0.2, 0) is 11.0 Å². The molecule has 10 heteroatoms. The molecule has 2 aromatic rings. The topological polar surface area (TPSA) is 55.8 Å². The molecule has 0 aromatic heterocycles. The summed E-state index contributed by atoms with van der Waals surface area (Å²) >= 11 is 0. The first-order valence-corrected chi connectivity index (χ1v) is 7.62. The van der Waals surface area contributed by atoms with E-state index in [1.54, 1.807) is 0 Å². The van der Waals surface area contributed by atoms with E-state index in [4.69, 9.17) is 14.6 Å². The molecule has 1 atom stereocenters. The lowest BCUT2D eigenvalue weighted by molar-refractivity contribution is -0.187. The number of carboxylic acids is 1. The fourth-order valence-corrected chi connectivity index (χ4v) is 2.51. The highest BCUT2D eigenvalue weighted by atomic mass is 19.4. The van der Waals surface area contributed by atoms with Crippen LogP contribution in [0.5, 0.6) is 17.2 Å². The van der Waals surface area contributed by atoms with Crippen LogP contribution in [-0.4, -0.2) is 23.4 Å². The molecule has 1 heterocycles. The Morgan fingerprint density at radius 1 is 0.964 bits per heavy atom. The average Bonchev–Trinajstić information content (AvgIpc) is 2.59. The van der Waals surface area contributed by atoms with Crippen LogP contribution in [0.1, 0.15) is 11.1 Å². The second-order valence-corrected chi connectivity index (χ2v) is 5.77. The van der Waals surface area contributed by atoms with Crippen LogP contribution in [0, 0.1) is 0 Å². The molecule has 0 bridgehead atoms. The highest BCUT2D eigenvalue weighted by Gasteiger charge is 2.48. The molecule has 4 nitrogen and oxygen atoms in total. The van der Waals surface area contributed by atoms with Crippen molar-refractivity contribution in [3.8, 4) is 17.2 Å². The van der Waals surface area contributed by atoms with Gasteiger partial charge in [0.15, 0.2) is 0 Å². The number of halogens is 6. The molecule has 0 saturated heterocycles. The van der Waals surface area contributed by atoms with Gasteiger partial charge in [0, 0.05) is 5.56 Å². The van der Waals surface area contributed by atoms with E-state index >= 15 is 0 Å². The molecule has 148 valence electrons. The third-order valence-electron chi connectivity index (χ3n) is 3.78. The van der Waals surface area contributed by atoms with Crippen molar-refractivity contribution in [2.24, 2.45) is 0 Å². The van der Waals surface area contributed by atoms with Crippen molar-refractivity contribution in [3.63, 3.8) is 0 Å². The van der Waals surface area contributed by atoms with E-state index in [0.717, 1.165) is 36.4 Å². The summed E-state index contributed by atoms with van der Waals surface area (Å²) < 4.78 is 86.8. The lowest BCUT2D eigenvalue weighted by Crippen LogP contribution is -2.40. The largest absolute Gasteiger partial charge is 0.478 e. The molecule has 3 rings (SSSR count).